The minimum Gasteiger partial charge on any atom is -0.466 e. The largest absolute Gasteiger partial charge is 0.466 e. The van der Waals surface area contributed by atoms with Crippen LogP contribution >= 0.6 is 0 Å². The molecular weight excluding hydrogens is 368 g/mol. The van der Waals surface area contributed by atoms with E-state index in [1.165, 1.54) is 0 Å². The molecule has 2 aromatic carbocycles. The van der Waals surface area contributed by atoms with Gasteiger partial charge in [-0.2, -0.15) is 0 Å². The van der Waals surface area contributed by atoms with Crippen LogP contribution in [0.2, 0.25) is 0 Å². The van der Waals surface area contributed by atoms with Gasteiger partial charge in [0.05, 0.1) is 5.56 Å². The van der Waals surface area contributed by atoms with Gasteiger partial charge in [-0.25, -0.2) is 0 Å². The van der Waals surface area contributed by atoms with E-state index < -0.39 is 11.8 Å². The van der Waals surface area contributed by atoms with Crippen molar-refractivity contribution in [2.24, 2.45) is 0 Å². The second-order valence-electron chi connectivity index (χ2n) is 6.70. The number of carbonyl (C=O) groups is 3. The van der Waals surface area contributed by atoms with Crippen LogP contribution < -0.4 is 10.9 Å². The average Bonchev–Trinajstić information content (AvgIpc) is 3.09. The lowest BCUT2D eigenvalue weighted by Crippen LogP contribution is -2.41. The predicted molar refractivity (Wildman–Crippen MR) is 109 cm³/mol. The smallest absolute Gasteiger partial charge is 0.273 e. The molecule has 0 radical (unpaired) electrons. The van der Waals surface area contributed by atoms with Crippen LogP contribution in [0.4, 0.5) is 0 Å². The number of carbonyl (C=O) groups excluding carboxylic acids is 3. The first-order chi connectivity index (χ1) is 13.9. The monoisotopic (exact) mass is 390 g/mol. The third-order valence-electron chi connectivity index (χ3n) is 4.49. The summed E-state index contributed by atoms with van der Waals surface area (Å²) in [5, 5.41) is 0. The first-order valence-corrected chi connectivity index (χ1v) is 9.29. The van der Waals surface area contributed by atoms with Crippen LogP contribution in [0.3, 0.4) is 0 Å². The van der Waals surface area contributed by atoms with Gasteiger partial charge in [-0.1, -0.05) is 54.6 Å². The van der Waals surface area contributed by atoms with Crippen molar-refractivity contribution in [2.75, 3.05) is 0 Å². The van der Waals surface area contributed by atoms with Crippen molar-refractivity contribution in [2.45, 2.75) is 26.7 Å². The Morgan fingerprint density at radius 2 is 1.48 bits per heavy atom. The van der Waals surface area contributed by atoms with Crippen molar-refractivity contribution in [3.05, 3.63) is 83.3 Å². The number of aryl methyl sites for hydroxylation is 2. The van der Waals surface area contributed by atoms with Crippen LogP contribution in [0.5, 0.6) is 0 Å². The van der Waals surface area contributed by atoms with Crippen LogP contribution in [0.1, 0.15) is 45.1 Å². The molecule has 1 aromatic heterocycles. The maximum absolute atomic E-state index is 12.3. The number of Topliss-reactive ketones (excluding diaryl/α,β-unsaturated/α-hetero) is 1. The second-order valence-corrected chi connectivity index (χ2v) is 6.70. The van der Waals surface area contributed by atoms with E-state index in [1.807, 2.05) is 42.5 Å². The van der Waals surface area contributed by atoms with Crippen molar-refractivity contribution in [3.8, 4) is 11.1 Å². The molecule has 0 aliphatic heterocycles. The van der Waals surface area contributed by atoms with Crippen molar-refractivity contribution in [3.63, 3.8) is 0 Å². The van der Waals surface area contributed by atoms with Crippen molar-refractivity contribution in [1.82, 2.24) is 10.9 Å². The highest BCUT2D eigenvalue weighted by Crippen LogP contribution is 2.20. The summed E-state index contributed by atoms with van der Waals surface area (Å²) in [5.41, 5.74) is 7.66. The van der Waals surface area contributed by atoms with Gasteiger partial charge in [0.1, 0.15) is 11.5 Å². The topological polar surface area (TPSA) is 88.4 Å². The molecular formula is C23H22N2O4. The molecule has 6 nitrogen and oxygen atoms in total. The fraction of sp³-hybridized carbons (Fsp3) is 0.174. The summed E-state index contributed by atoms with van der Waals surface area (Å²) in [7, 11) is 0. The molecule has 0 bridgehead atoms. The Kier molecular flexibility index (Phi) is 6.24. The normalized spacial score (nSPS) is 10.4. The lowest BCUT2D eigenvalue weighted by molar-refractivity contribution is -0.121. The van der Waals surface area contributed by atoms with Crippen LogP contribution in [-0.4, -0.2) is 17.6 Å². The maximum Gasteiger partial charge on any atom is 0.273 e. The number of hydrogen-bond acceptors (Lipinski definition) is 4. The van der Waals surface area contributed by atoms with E-state index in [0.717, 1.165) is 11.1 Å². The van der Waals surface area contributed by atoms with Gasteiger partial charge in [-0.15, -0.1) is 0 Å². The third kappa shape index (κ3) is 5.19. The number of hydrazine groups is 1. The number of hydrogen-bond donors (Lipinski definition) is 2. The molecule has 6 heteroatoms. The van der Waals surface area contributed by atoms with E-state index in [9.17, 15) is 14.4 Å². The lowest BCUT2D eigenvalue weighted by Gasteiger charge is -2.07. The molecule has 0 spiro atoms. The molecule has 2 N–H and O–H groups in total. The predicted octanol–water partition coefficient (Wildman–Crippen LogP) is 3.99. The Balaban J connectivity index is 1.48. The Hall–Kier alpha value is -3.67. The maximum atomic E-state index is 12.3. The van der Waals surface area contributed by atoms with E-state index in [2.05, 4.69) is 10.9 Å². The first-order valence-electron chi connectivity index (χ1n) is 9.29. The molecule has 0 fully saturated rings. The third-order valence-corrected chi connectivity index (χ3v) is 4.49. The number of nitrogens with one attached hydrogen (secondary N) is 2. The minimum absolute atomic E-state index is 0.0249. The molecule has 0 aliphatic carbocycles. The molecule has 0 atom stereocenters. The van der Waals surface area contributed by atoms with E-state index in [4.69, 9.17) is 4.42 Å². The van der Waals surface area contributed by atoms with E-state index in [0.29, 0.717) is 22.6 Å². The minimum atomic E-state index is -0.462. The molecule has 3 rings (SSSR count). The molecule has 0 saturated carbocycles. The summed E-state index contributed by atoms with van der Waals surface area (Å²) in [6, 6.07) is 18.8. The van der Waals surface area contributed by atoms with Crippen LogP contribution in [0.25, 0.3) is 11.1 Å². The number of rotatable bonds is 6. The number of ketones is 1. The highest BCUT2D eigenvalue weighted by Gasteiger charge is 2.15. The van der Waals surface area contributed by atoms with Gasteiger partial charge in [0.15, 0.2) is 5.78 Å². The van der Waals surface area contributed by atoms with Crippen LogP contribution in [0, 0.1) is 13.8 Å². The Labute approximate surface area is 168 Å². The zero-order valence-electron chi connectivity index (χ0n) is 16.3. The van der Waals surface area contributed by atoms with E-state index in [-0.39, 0.29) is 18.6 Å². The Bertz CT molecular complexity index is 1020. The average molecular weight is 390 g/mol. The fourth-order valence-corrected chi connectivity index (χ4v) is 2.96. The van der Waals surface area contributed by atoms with Crippen molar-refractivity contribution < 1.29 is 18.8 Å². The molecule has 2 amide bonds. The molecule has 1 heterocycles. The number of furan rings is 1. The standard InChI is InChI=1S/C23H22N2O4/c1-15-14-20(16(2)29-15)23(28)25-24-22(27)13-12-21(26)19-10-8-18(9-11-19)17-6-4-3-5-7-17/h3-11,14H,12-13H2,1-2H3,(H,24,27)(H,25,28). The summed E-state index contributed by atoms with van der Waals surface area (Å²) in [5.74, 6) is 0.0552. The van der Waals surface area contributed by atoms with Crippen molar-refractivity contribution in [1.29, 1.82) is 0 Å². The Morgan fingerprint density at radius 3 is 2.10 bits per heavy atom. The highest BCUT2D eigenvalue weighted by atomic mass is 16.3. The second kappa shape index (κ2) is 9.01. The van der Waals surface area contributed by atoms with Crippen LogP contribution in [0.15, 0.2) is 65.1 Å². The zero-order valence-corrected chi connectivity index (χ0v) is 16.3. The van der Waals surface area contributed by atoms with Crippen LogP contribution in [-0.2, 0) is 4.79 Å². The summed E-state index contributed by atoms with van der Waals surface area (Å²) in [6.07, 6.45) is 0.0270. The van der Waals surface area contributed by atoms with Gasteiger partial charge in [-0.3, -0.25) is 25.2 Å². The lowest BCUT2D eigenvalue weighted by atomic mass is 10.0. The number of benzene rings is 2. The van der Waals surface area contributed by atoms with Gasteiger partial charge in [0.2, 0.25) is 5.91 Å². The zero-order chi connectivity index (χ0) is 20.8. The molecule has 0 saturated heterocycles. The highest BCUT2D eigenvalue weighted by molar-refractivity contribution is 5.99. The summed E-state index contributed by atoms with van der Waals surface area (Å²) < 4.78 is 5.29. The summed E-state index contributed by atoms with van der Waals surface area (Å²) >= 11 is 0. The van der Waals surface area contributed by atoms with Gasteiger partial charge < -0.3 is 4.42 Å². The molecule has 0 aliphatic rings. The fourth-order valence-electron chi connectivity index (χ4n) is 2.96. The van der Waals surface area contributed by atoms with E-state index >= 15 is 0 Å². The summed E-state index contributed by atoms with van der Waals surface area (Å²) in [4.78, 5) is 36.3. The molecule has 29 heavy (non-hydrogen) atoms. The van der Waals surface area contributed by atoms with Crippen molar-refractivity contribution >= 4 is 17.6 Å². The SMILES string of the molecule is Cc1cc(C(=O)NNC(=O)CCC(=O)c2ccc(-c3ccccc3)cc2)c(C)o1. The Morgan fingerprint density at radius 1 is 0.828 bits per heavy atom. The van der Waals surface area contributed by atoms with Gasteiger partial charge in [0, 0.05) is 18.4 Å². The van der Waals surface area contributed by atoms with E-state index in [1.54, 1.807) is 32.0 Å². The number of amides is 2. The molecule has 148 valence electrons. The van der Waals surface area contributed by atoms with Gasteiger partial charge in [-0.05, 0) is 31.0 Å². The summed E-state index contributed by atoms with van der Waals surface area (Å²) in [6.45, 7) is 3.41. The molecule has 3 aromatic rings. The molecule has 0 unspecified atom stereocenters. The first kappa shape index (κ1) is 20.1. The van der Waals surface area contributed by atoms with Gasteiger partial charge in [0.25, 0.3) is 5.91 Å². The van der Waals surface area contributed by atoms with Gasteiger partial charge >= 0.3 is 0 Å². The quantitative estimate of drug-likeness (QED) is 0.492.